The van der Waals surface area contributed by atoms with Crippen molar-refractivity contribution in [2.45, 2.75) is 219 Å². The first-order valence-electron chi connectivity index (χ1n) is 19.3. The smallest absolute Gasteiger partial charge is 0.0414 e. The zero-order valence-electron chi connectivity index (χ0n) is 31.8. The van der Waals surface area contributed by atoms with Crippen molar-refractivity contribution in [2.75, 3.05) is 13.1 Å². The highest BCUT2D eigenvalue weighted by molar-refractivity contribution is 5.64. The lowest BCUT2D eigenvalue weighted by atomic mass is 10.0. The molecule has 0 fully saturated rings. The lowest BCUT2D eigenvalue weighted by molar-refractivity contribution is -0.307. The summed E-state index contributed by atoms with van der Waals surface area (Å²) in [6, 6.07) is 0. The number of aliphatic carboxylic acids is 2. The van der Waals surface area contributed by atoms with E-state index in [2.05, 4.69) is 13.8 Å². The summed E-state index contributed by atoms with van der Waals surface area (Å²) < 4.78 is 0. The number of quaternary nitrogens is 2. The molecule has 0 spiro atoms. The van der Waals surface area contributed by atoms with E-state index in [9.17, 15) is 19.8 Å². The van der Waals surface area contributed by atoms with Gasteiger partial charge in [-0.15, -0.1) is 0 Å². The van der Waals surface area contributed by atoms with Gasteiger partial charge in [-0.25, -0.2) is 0 Å². The Balaban J connectivity index is -0.000000210. The largest absolute Gasteiger partial charge is 0.550 e. The number of nitrogens with two attached hydrogens (primary N) is 2. The fourth-order valence-corrected chi connectivity index (χ4v) is 5.28. The molecule has 8 heteroatoms. The molecule has 282 valence electrons. The molecule has 0 aromatic rings. The molecule has 12 N–H and O–H groups in total. The Kier molecular flexibility index (Phi) is 62.8. The van der Waals surface area contributed by atoms with Crippen molar-refractivity contribution in [3.8, 4) is 0 Å². The van der Waals surface area contributed by atoms with Gasteiger partial charge >= 0.3 is 0 Å². The van der Waals surface area contributed by atoms with E-state index in [4.69, 9.17) is 11.5 Å². The average molecular weight is 663 g/mol. The van der Waals surface area contributed by atoms with Gasteiger partial charge in [0.1, 0.15) is 0 Å². The maximum absolute atomic E-state index is 10.2. The second kappa shape index (κ2) is 53.3. The van der Waals surface area contributed by atoms with Crippen LogP contribution in [-0.4, -0.2) is 25.0 Å². The highest BCUT2D eigenvalue weighted by atomic mass is 16.4. The summed E-state index contributed by atoms with van der Waals surface area (Å²) in [5.74, 6) is -1.81. The van der Waals surface area contributed by atoms with E-state index >= 15 is 0 Å². The normalized spacial score (nSPS) is 10.1. The van der Waals surface area contributed by atoms with Gasteiger partial charge in [0, 0.05) is 25.0 Å². The lowest BCUT2D eigenvalue weighted by Gasteiger charge is -2.04. The van der Waals surface area contributed by atoms with Gasteiger partial charge in [0.2, 0.25) is 0 Å². The second-order valence-electron chi connectivity index (χ2n) is 12.7. The Morgan fingerprint density at radius 2 is 0.500 bits per heavy atom. The Morgan fingerprint density at radius 1 is 0.348 bits per heavy atom. The van der Waals surface area contributed by atoms with E-state index in [1.807, 2.05) is 0 Å². The standard InChI is InChI=1S/2C18H36O2.C2H8N2.2H3N/c2*1-2-3-4-5-6-7-8-9-10-11-12-13-14-15-16-17-18(19)20;3-1-2-4;;/h2*2-17H2,1H3,(H,19,20);1-4H2;2*1H3. The van der Waals surface area contributed by atoms with Crippen molar-refractivity contribution in [1.82, 2.24) is 12.3 Å². The van der Waals surface area contributed by atoms with E-state index in [1.54, 1.807) is 0 Å². The molecule has 46 heavy (non-hydrogen) atoms. The maximum atomic E-state index is 10.2. The summed E-state index contributed by atoms with van der Waals surface area (Å²) in [5, 5.41) is 20.4. The fraction of sp³-hybridized carbons (Fsp3) is 0.947. The van der Waals surface area contributed by atoms with Crippen LogP contribution in [0.25, 0.3) is 0 Å². The Bertz CT molecular complexity index is 493. The van der Waals surface area contributed by atoms with E-state index in [0.717, 1.165) is 25.7 Å². The van der Waals surface area contributed by atoms with Crippen molar-refractivity contribution < 1.29 is 19.8 Å². The number of unbranched alkanes of at least 4 members (excludes halogenated alkanes) is 28. The van der Waals surface area contributed by atoms with Crippen LogP contribution in [0.4, 0.5) is 0 Å². The highest BCUT2D eigenvalue weighted by Crippen LogP contribution is 2.15. The molecule has 8 nitrogen and oxygen atoms in total. The average Bonchev–Trinajstić information content (AvgIpc) is 3.01. The van der Waals surface area contributed by atoms with Crippen LogP contribution in [0.2, 0.25) is 0 Å². The third-order valence-electron chi connectivity index (χ3n) is 8.14. The third-order valence-corrected chi connectivity index (χ3v) is 8.14. The Labute approximate surface area is 287 Å². The minimum Gasteiger partial charge on any atom is -0.550 e. The van der Waals surface area contributed by atoms with E-state index in [0.29, 0.717) is 13.1 Å². The van der Waals surface area contributed by atoms with Crippen LogP contribution in [0, 0.1) is 0 Å². The van der Waals surface area contributed by atoms with Crippen LogP contribution in [-0.2, 0) is 9.59 Å². The Morgan fingerprint density at radius 3 is 0.630 bits per heavy atom. The summed E-state index contributed by atoms with van der Waals surface area (Å²) in [6.07, 6.45) is 39.7. The molecule has 0 aliphatic carbocycles. The minimum atomic E-state index is -0.903. The molecule has 0 heterocycles. The first-order chi connectivity index (χ1) is 21.5. The molecule has 0 aromatic heterocycles. The quantitative estimate of drug-likeness (QED) is 0.0503. The van der Waals surface area contributed by atoms with Gasteiger partial charge in [0.25, 0.3) is 0 Å². The molecule has 0 atom stereocenters. The van der Waals surface area contributed by atoms with Crippen LogP contribution in [0.1, 0.15) is 219 Å². The zero-order chi connectivity index (χ0) is 33.2. The van der Waals surface area contributed by atoms with Gasteiger partial charge < -0.3 is 43.6 Å². The van der Waals surface area contributed by atoms with Crippen LogP contribution in [0.15, 0.2) is 0 Å². The molecule has 0 aliphatic heterocycles. The van der Waals surface area contributed by atoms with Crippen molar-refractivity contribution in [3.63, 3.8) is 0 Å². The van der Waals surface area contributed by atoms with Gasteiger partial charge in [0.05, 0.1) is 0 Å². The number of carbonyl (C=O) groups excluding carboxylic acids is 2. The molecule has 0 saturated carbocycles. The first-order valence-corrected chi connectivity index (χ1v) is 19.3. The monoisotopic (exact) mass is 663 g/mol. The summed E-state index contributed by atoms with van der Waals surface area (Å²) in [6.45, 7) is 5.73. The maximum Gasteiger partial charge on any atom is 0.0414 e. The van der Waals surface area contributed by atoms with E-state index in [-0.39, 0.29) is 25.1 Å². The van der Waals surface area contributed by atoms with Gasteiger partial charge in [-0.2, -0.15) is 0 Å². The van der Waals surface area contributed by atoms with E-state index in [1.165, 1.54) is 167 Å². The summed E-state index contributed by atoms with van der Waals surface area (Å²) in [5.41, 5.74) is 9.81. The highest BCUT2D eigenvalue weighted by Gasteiger charge is 1.96. The first kappa shape index (κ1) is 54.2. The minimum absolute atomic E-state index is 0. The molecule has 0 saturated heterocycles. The molecular formula is C38H86N4O4. The topological polar surface area (TPSA) is 205 Å². The molecule has 0 rings (SSSR count). The predicted molar refractivity (Wildman–Crippen MR) is 199 cm³/mol. The molecule has 0 unspecified atom stereocenters. The molecule has 0 aromatic carbocycles. The number of hydrogen-bond acceptors (Lipinski definition) is 6. The Hall–Kier alpha value is -1.22. The number of rotatable bonds is 33. The summed E-state index contributed by atoms with van der Waals surface area (Å²) in [7, 11) is 0. The third kappa shape index (κ3) is 65.4. The number of hydrogen-bond donors (Lipinski definition) is 4. The molecular weight excluding hydrogens is 576 g/mol. The lowest BCUT2D eigenvalue weighted by Crippen LogP contribution is -2.21. The number of carbonyl (C=O) groups is 2. The second-order valence-corrected chi connectivity index (χ2v) is 12.7. The molecule has 0 amide bonds. The summed E-state index contributed by atoms with van der Waals surface area (Å²) in [4.78, 5) is 20.4. The van der Waals surface area contributed by atoms with Gasteiger partial charge in [0.15, 0.2) is 0 Å². The fourth-order valence-electron chi connectivity index (χ4n) is 5.28. The van der Waals surface area contributed by atoms with Crippen LogP contribution in [0.3, 0.4) is 0 Å². The van der Waals surface area contributed by atoms with Crippen molar-refractivity contribution >= 4 is 11.9 Å². The van der Waals surface area contributed by atoms with Crippen LogP contribution < -0.4 is 34.0 Å². The summed E-state index contributed by atoms with van der Waals surface area (Å²) >= 11 is 0. The van der Waals surface area contributed by atoms with Gasteiger partial charge in [-0.1, -0.05) is 194 Å². The van der Waals surface area contributed by atoms with Crippen LogP contribution in [0.5, 0.6) is 0 Å². The van der Waals surface area contributed by atoms with Crippen molar-refractivity contribution in [1.29, 1.82) is 0 Å². The van der Waals surface area contributed by atoms with Crippen molar-refractivity contribution in [3.05, 3.63) is 0 Å². The number of carboxylic acid groups (broad SMARTS) is 2. The SMILES string of the molecule is CCCCCCCCCCCCCCCCCC(=O)[O-].CCCCCCCCCCCCCCCCCC(=O)[O-].NCCN.[NH4+].[NH4+]. The molecule has 0 aliphatic rings. The van der Waals surface area contributed by atoms with E-state index < -0.39 is 11.9 Å². The number of carboxylic acids is 2. The zero-order valence-corrected chi connectivity index (χ0v) is 31.8. The van der Waals surface area contributed by atoms with Gasteiger partial charge in [-0.05, 0) is 25.7 Å². The van der Waals surface area contributed by atoms with Crippen molar-refractivity contribution in [2.24, 2.45) is 11.5 Å². The molecule has 0 bridgehead atoms. The van der Waals surface area contributed by atoms with Gasteiger partial charge in [-0.3, -0.25) is 0 Å². The predicted octanol–water partition coefficient (Wildman–Crippen LogP) is 9.65. The molecule has 0 radical (unpaired) electrons. The van der Waals surface area contributed by atoms with Crippen LogP contribution >= 0.6 is 0 Å².